The van der Waals surface area contributed by atoms with Gasteiger partial charge in [0.1, 0.15) is 5.82 Å². The number of nitrogens with one attached hydrogen (secondary N) is 2. The van der Waals surface area contributed by atoms with Crippen molar-refractivity contribution in [2.45, 2.75) is 19.4 Å². The Morgan fingerprint density at radius 2 is 2.29 bits per heavy atom. The van der Waals surface area contributed by atoms with Gasteiger partial charge in [-0.1, -0.05) is 6.92 Å². The molecule has 0 amide bonds. The van der Waals surface area contributed by atoms with E-state index < -0.39 is 0 Å². The Labute approximate surface area is 84.7 Å². The Bertz CT molecular complexity index is 251. The number of aromatic nitrogens is 2. The third kappa shape index (κ3) is 1.96. The van der Waals surface area contributed by atoms with Crippen LogP contribution in [-0.2, 0) is 0 Å². The van der Waals surface area contributed by atoms with E-state index >= 15 is 0 Å². The number of imidazole rings is 1. The van der Waals surface area contributed by atoms with Crippen LogP contribution < -0.4 is 5.32 Å². The second-order valence-electron chi connectivity index (χ2n) is 3.68. The van der Waals surface area contributed by atoms with E-state index in [0.29, 0.717) is 6.04 Å². The number of nitrogens with zero attached hydrogens (tertiary/aromatic N) is 2. The molecule has 1 unspecified atom stereocenters. The SMILES string of the molecule is CCC(c1ncc[nH]1)N1CCNCC1. The van der Waals surface area contributed by atoms with Crippen LogP contribution in [0.5, 0.6) is 0 Å². The number of aromatic amines is 1. The predicted molar refractivity (Wildman–Crippen MR) is 56.1 cm³/mol. The highest BCUT2D eigenvalue weighted by atomic mass is 15.2. The zero-order chi connectivity index (χ0) is 9.80. The second kappa shape index (κ2) is 4.57. The van der Waals surface area contributed by atoms with E-state index in [0.717, 1.165) is 38.4 Å². The van der Waals surface area contributed by atoms with Crippen molar-refractivity contribution in [3.63, 3.8) is 0 Å². The molecule has 1 aromatic rings. The average Bonchev–Trinajstić information content (AvgIpc) is 2.74. The largest absolute Gasteiger partial charge is 0.347 e. The van der Waals surface area contributed by atoms with Gasteiger partial charge in [0.05, 0.1) is 6.04 Å². The second-order valence-corrected chi connectivity index (χ2v) is 3.68. The molecule has 0 aromatic carbocycles. The van der Waals surface area contributed by atoms with Crippen LogP contribution in [-0.4, -0.2) is 41.0 Å². The molecule has 1 atom stereocenters. The molecule has 78 valence electrons. The van der Waals surface area contributed by atoms with Crippen molar-refractivity contribution in [1.82, 2.24) is 20.2 Å². The highest BCUT2D eigenvalue weighted by molar-refractivity contribution is 4.96. The lowest BCUT2D eigenvalue weighted by Gasteiger charge is -2.33. The van der Waals surface area contributed by atoms with Crippen LogP contribution in [0.4, 0.5) is 0 Å². The van der Waals surface area contributed by atoms with E-state index in [9.17, 15) is 0 Å². The molecule has 1 aromatic heterocycles. The third-order valence-electron chi connectivity index (χ3n) is 2.81. The number of piperazine rings is 1. The molecule has 2 heterocycles. The zero-order valence-electron chi connectivity index (χ0n) is 8.66. The van der Waals surface area contributed by atoms with Crippen molar-refractivity contribution < 1.29 is 0 Å². The van der Waals surface area contributed by atoms with Gasteiger partial charge in [-0.05, 0) is 6.42 Å². The van der Waals surface area contributed by atoms with E-state index in [1.54, 1.807) is 0 Å². The van der Waals surface area contributed by atoms with Crippen molar-refractivity contribution in [1.29, 1.82) is 0 Å². The molecule has 1 fully saturated rings. The Kier molecular flexibility index (Phi) is 3.16. The van der Waals surface area contributed by atoms with Gasteiger partial charge < -0.3 is 10.3 Å². The minimum Gasteiger partial charge on any atom is -0.347 e. The molecule has 1 saturated heterocycles. The van der Waals surface area contributed by atoms with Crippen molar-refractivity contribution in [2.24, 2.45) is 0 Å². The molecule has 1 aliphatic heterocycles. The Morgan fingerprint density at radius 3 is 2.86 bits per heavy atom. The van der Waals surface area contributed by atoms with Gasteiger partial charge in [0.25, 0.3) is 0 Å². The number of hydrogen-bond acceptors (Lipinski definition) is 3. The van der Waals surface area contributed by atoms with Crippen LogP contribution in [0.1, 0.15) is 25.2 Å². The molecule has 4 nitrogen and oxygen atoms in total. The van der Waals surface area contributed by atoms with E-state index in [4.69, 9.17) is 0 Å². The normalized spacial score (nSPS) is 20.9. The van der Waals surface area contributed by atoms with E-state index in [1.807, 2.05) is 12.4 Å². The molecule has 0 aliphatic carbocycles. The number of H-pyrrole nitrogens is 1. The van der Waals surface area contributed by atoms with Gasteiger partial charge in [0, 0.05) is 38.6 Å². The quantitative estimate of drug-likeness (QED) is 0.747. The third-order valence-corrected chi connectivity index (χ3v) is 2.81. The summed E-state index contributed by atoms with van der Waals surface area (Å²) in [5, 5.41) is 3.37. The molecule has 1 aliphatic rings. The Morgan fingerprint density at radius 1 is 1.50 bits per heavy atom. The molecule has 2 rings (SSSR count). The van der Waals surface area contributed by atoms with E-state index in [-0.39, 0.29) is 0 Å². The highest BCUT2D eigenvalue weighted by Gasteiger charge is 2.21. The summed E-state index contributed by atoms with van der Waals surface area (Å²) >= 11 is 0. The van der Waals surface area contributed by atoms with Crippen LogP contribution in [0, 0.1) is 0 Å². The summed E-state index contributed by atoms with van der Waals surface area (Å²) in [7, 11) is 0. The summed E-state index contributed by atoms with van der Waals surface area (Å²) in [6.45, 7) is 6.65. The highest BCUT2D eigenvalue weighted by Crippen LogP contribution is 2.20. The molecular weight excluding hydrogens is 176 g/mol. The van der Waals surface area contributed by atoms with Gasteiger partial charge in [-0.15, -0.1) is 0 Å². The smallest absolute Gasteiger partial charge is 0.123 e. The van der Waals surface area contributed by atoms with Crippen LogP contribution in [0.2, 0.25) is 0 Å². The van der Waals surface area contributed by atoms with Crippen molar-refractivity contribution in [3.8, 4) is 0 Å². The van der Waals surface area contributed by atoms with Gasteiger partial charge >= 0.3 is 0 Å². The summed E-state index contributed by atoms with van der Waals surface area (Å²) in [4.78, 5) is 10.1. The molecule has 0 bridgehead atoms. The fourth-order valence-electron chi connectivity index (χ4n) is 2.08. The Balaban J connectivity index is 2.04. The van der Waals surface area contributed by atoms with E-state index in [1.165, 1.54) is 0 Å². The van der Waals surface area contributed by atoms with E-state index in [2.05, 4.69) is 27.1 Å². The van der Waals surface area contributed by atoms with Crippen molar-refractivity contribution in [3.05, 3.63) is 18.2 Å². The first-order chi connectivity index (χ1) is 6.92. The first-order valence-corrected chi connectivity index (χ1v) is 5.36. The van der Waals surface area contributed by atoms with Crippen LogP contribution >= 0.6 is 0 Å². The maximum Gasteiger partial charge on any atom is 0.123 e. The van der Waals surface area contributed by atoms with Gasteiger partial charge in [0.15, 0.2) is 0 Å². The lowest BCUT2D eigenvalue weighted by atomic mass is 10.1. The molecule has 0 radical (unpaired) electrons. The average molecular weight is 194 g/mol. The summed E-state index contributed by atoms with van der Waals surface area (Å²) in [5.41, 5.74) is 0. The molecule has 2 N–H and O–H groups in total. The predicted octanol–water partition coefficient (Wildman–Crippen LogP) is 0.766. The standard InChI is InChI=1S/C10H18N4/c1-2-9(10-12-3-4-13-10)14-7-5-11-6-8-14/h3-4,9,11H,2,5-8H2,1H3,(H,12,13). The maximum absolute atomic E-state index is 4.34. The fourth-order valence-corrected chi connectivity index (χ4v) is 2.08. The maximum atomic E-state index is 4.34. The summed E-state index contributed by atoms with van der Waals surface area (Å²) in [6, 6.07) is 0.465. The minimum atomic E-state index is 0.465. The first kappa shape index (κ1) is 9.68. The number of hydrogen-bond donors (Lipinski definition) is 2. The van der Waals surface area contributed by atoms with Crippen LogP contribution in [0.25, 0.3) is 0 Å². The molecule has 14 heavy (non-hydrogen) atoms. The molecular formula is C10H18N4. The summed E-state index contributed by atoms with van der Waals surface area (Å²) in [6.07, 6.45) is 4.86. The fraction of sp³-hybridized carbons (Fsp3) is 0.700. The van der Waals surface area contributed by atoms with Crippen molar-refractivity contribution >= 4 is 0 Å². The van der Waals surface area contributed by atoms with Gasteiger partial charge in [-0.25, -0.2) is 4.98 Å². The Hall–Kier alpha value is -0.870. The summed E-state index contributed by atoms with van der Waals surface area (Å²) < 4.78 is 0. The van der Waals surface area contributed by atoms with Gasteiger partial charge in [-0.2, -0.15) is 0 Å². The molecule has 0 saturated carbocycles. The van der Waals surface area contributed by atoms with Gasteiger partial charge in [0.2, 0.25) is 0 Å². The molecule has 4 heteroatoms. The van der Waals surface area contributed by atoms with Crippen LogP contribution in [0.3, 0.4) is 0 Å². The lowest BCUT2D eigenvalue weighted by molar-refractivity contribution is 0.163. The first-order valence-electron chi connectivity index (χ1n) is 5.36. The lowest BCUT2D eigenvalue weighted by Crippen LogP contribution is -2.45. The summed E-state index contributed by atoms with van der Waals surface area (Å²) in [5.74, 6) is 1.11. The zero-order valence-corrected chi connectivity index (χ0v) is 8.66. The minimum absolute atomic E-state index is 0.465. The van der Waals surface area contributed by atoms with Crippen LogP contribution in [0.15, 0.2) is 12.4 Å². The monoisotopic (exact) mass is 194 g/mol. The molecule has 0 spiro atoms. The topological polar surface area (TPSA) is 44.0 Å². The van der Waals surface area contributed by atoms with Gasteiger partial charge in [-0.3, -0.25) is 4.90 Å². The van der Waals surface area contributed by atoms with Crippen molar-refractivity contribution in [2.75, 3.05) is 26.2 Å². The number of rotatable bonds is 3.